The van der Waals surface area contributed by atoms with Crippen LogP contribution in [0.25, 0.3) is 0 Å². The van der Waals surface area contributed by atoms with E-state index in [9.17, 15) is 0 Å². The second-order valence-electron chi connectivity index (χ2n) is 5.88. The van der Waals surface area contributed by atoms with Crippen LogP contribution in [0.5, 0.6) is 5.75 Å². The second-order valence-corrected chi connectivity index (χ2v) is 7.28. The molecule has 4 nitrogen and oxygen atoms in total. The highest BCUT2D eigenvalue weighted by Crippen LogP contribution is 2.49. The molecule has 0 radical (unpaired) electrons. The lowest BCUT2D eigenvalue weighted by Crippen LogP contribution is -2.28. The number of nitrogens with zero attached hydrogens (tertiary/aromatic N) is 3. The zero-order valence-electron chi connectivity index (χ0n) is 13.2. The molecule has 1 fully saturated rings. The Balaban J connectivity index is 1.81. The Bertz CT molecular complexity index is 734. The van der Waals surface area contributed by atoms with Crippen LogP contribution in [-0.2, 0) is 0 Å². The first-order valence-electron chi connectivity index (χ1n) is 7.83. The maximum absolute atomic E-state index is 5.61. The summed E-state index contributed by atoms with van der Waals surface area (Å²) in [7, 11) is 1.73. The molecule has 23 heavy (non-hydrogen) atoms. The van der Waals surface area contributed by atoms with Gasteiger partial charge in [-0.15, -0.1) is 0 Å². The zero-order valence-corrected chi connectivity index (χ0v) is 14.0. The number of hydrogen-bond donors (Lipinski definition) is 0. The van der Waals surface area contributed by atoms with Crippen LogP contribution in [0, 0.1) is 0 Å². The molecule has 2 aromatic rings. The van der Waals surface area contributed by atoms with Crippen LogP contribution in [0.4, 0.5) is 0 Å². The average Bonchev–Trinajstić information content (AvgIpc) is 3.11. The van der Waals surface area contributed by atoms with E-state index in [0.717, 1.165) is 23.2 Å². The standard InChI is InChI=1S/C18H19N3OS/c1-12-11-21-17(13-7-3-4-9-15(13)22-2)16(20-18(21)23-12)14-8-5-6-10-19-14/h3-10,12,16-17H,11H2,1-2H3. The van der Waals surface area contributed by atoms with Gasteiger partial charge in [0.2, 0.25) is 0 Å². The van der Waals surface area contributed by atoms with Gasteiger partial charge in [0.1, 0.15) is 11.8 Å². The normalized spacial score (nSPS) is 26.1. The maximum Gasteiger partial charge on any atom is 0.160 e. The second kappa shape index (κ2) is 5.89. The molecule has 2 aliphatic heterocycles. The van der Waals surface area contributed by atoms with Gasteiger partial charge in [-0.05, 0) is 18.2 Å². The number of pyridine rings is 1. The Morgan fingerprint density at radius 3 is 2.78 bits per heavy atom. The van der Waals surface area contributed by atoms with E-state index in [2.05, 4.69) is 35.0 Å². The van der Waals surface area contributed by atoms with Gasteiger partial charge in [0.25, 0.3) is 0 Å². The van der Waals surface area contributed by atoms with Crippen molar-refractivity contribution in [1.82, 2.24) is 9.88 Å². The summed E-state index contributed by atoms with van der Waals surface area (Å²) in [4.78, 5) is 12.0. The molecule has 4 rings (SSSR count). The van der Waals surface area contributed by atoms with Crippen LogP contribution in [0.3, 0.4) is 0 Å². The third-order valence-electron chi connectivity index (χ3n) is 4.34. The number of ether oxygens (including phenoxy) is 1. The number of amidine groups is 1. The van der Waals surface area contributed by atoms with Crippen molar-refractivity contribution in [3.8, 4) is 5.75 Å². The molecule has 0 bridgehead atoms. The number of benzene rings is 1. The van der Waals surface area contributed by atoms with Crippen molar-refractivity contribution in [1.29, 1.82) is 0 Å². The van der Waals surface area contributed by atoms with Gasteiger partial charge < -0.3 is 9.64 Å². The quantitative estimate of drug-likeness (QED) is 0.863. The monoisotopic (exact) mass is 325 g/mol. The van der Waals surface area contributed by atoms with Crippen LogP contribution >= 0.6 is 11.8 Å². The topological polar surface area (TPSA) is 37.7 Å². The fraction of sp³-hybridized carbons (Fsp3) is 0.333. The maximum atomic E-state index is 5.61. The van der Waals surface area contributed by atoms with Gasteiger partial charge in [-0.25, -0.2) is 0 Å². The fourth-order valence-electron chi connectivity index (χ4n) is 3.36. The molecule has 3 heterocycles. The van der Waals surface area contributed by atoms with Crippen molar-refractivity contribution in [2.75, 3.05) is 13.7 Å². The van der Waals surface area contributed by atoms with E-state index in [-0.39, 0.29) is 12.1 Å². The summed E-state index contributed by atoms with van der Waals surface area (Å²) in [5.41, 5.74) is 2.19. The average molecular weight is 325 g/mol. The van der Waals surface area contributed by atoms with E-state index < -0.39 is 0 Å². The summed E-state index contributed by atoms with van der Waals surface area (Å²) in [5, 5.41) is 1.69. The number of aliphatic imine (C=N–C) groups is 1. The van der Waals surface area contributed by atoms with E-state index in [1.165, 1.54) is 5.56 Å². The molecule has 0 saturated carbocycles. The van der Waals surface area contributed by atoms with Gasteiger partial charge in [-0.2, -0.15) is 0 Å². The van der Waals surface area contributed by atoms with Gasteiger partial charge in [0, 0.05) is 23.6 Å². The molecule has 5 heteroatoms. The molecule has 0 amide bonds. The number of thioether (sulfide) groups is 1. The van der Waals surface area contributed by atoms with Gasteiger partial charge in [0.15, 0.2) is 5.17 Å². The summed E-state index contributed by atoms with van der Waals surface area (Å²) < 4.78 is 5.61. The van der Waals surface area contributed by atoms with Crippen molar-refractivity contribution in [3.05, 3.63) is 59.9 Å². The molecule has 2 aliphatic rings. The number of methoxy groups -OCH3 is 1. The highest BCUT2D eigenvalue weighted by Gasteiger charge is 2.44. The third-order valence-corrected chi connectivity index (χ3v) is 5.44. The van der Waals surface area contributed by atoms with Crippen LogP contribution in [-0.4, -0.2) is 34.0 Å². The summed E-state index contributed by atoms with van der Waals surface area (Å²) >= 11 is 1.85. The summed E-state index contributed by atoms with van der Waals surface area (Å²) in [5.74, 6) is 0.916. The molecule has 0 spiro atoms. The molecule has 1 aromatic heterocycles. The Morgan fingerprint density at radius 2 is 2.00 bits per heavy atom. The van der Waals surface area contributed by atoms with Crippen LogP contribution in [0.15, 0.2) is 53.7 Å². The van der Waals surface area contributed by atoms with Gasteiger partial charge in [-0.3, -0.25) is 9.98 Å². The molecular formula is C18H19N3OS. The summed E-state index contributed by atoms with van der Waals surface area (Å²) in [6.07, 6.45) is 1.84. The highest BCUT2D eigenvalue weighted by atomic mass is 32.2. The van der Waals surface area contributed by atoms with E-state index in [1.54, 1.807) is 7.11 Å². The third kappa shape index (κ3) is 2.49. The van der Waals surface area contributed by atoms with E-state index in [4.69, 9.17) is 9.73 Å². The number of fused-ring (bicyclic) bond motifs is 1. The molecule has 0 aliphatic carbocycles. The Labute approximate surface area is 140 Å². The molecule has 1 saturated heterocycles. The first kappa shape index (κ1) is 14.6. The van der Waals surface area contributed by atoms with Crippen molar-refractivity contribution >= 4 is 16.9 Å². The van der Waals surface area contributed by atoms with Crippen molar-refractivity contribution in [2.24, 2.45) is 4.99 Å². The van der Waals surface area contributed by atoms with Crippen LogP contribution in [0.1, 0.15) is 30.3 Å². The minimum Gasteiger partial charge on any atom is -0.496 e. The largest absolute Gasteiger partial charge is 0.496 e. The Morgan fingerprint density at radius 1 is 1.17 bits per heavy atom. The highest BCUT2D eigenvalue weighted by molar-refractivity contribution is 8.14. The minimum atomic E-state index is 0.0162. The first-order chi connectivity index (χ1) is 11.3. The molecule has 0 N–H and O–H groups in total. The minimum absolute atomic E-state index is 0.0162. The molecule has 118 valence electrons. The lowest BCUT2D eigenvalue weighted by molar-refractivity contribution is 0.307. The predicted octanol–water partition coefficient (Wildman–Crippen LogP) is 3.68. The van der Waals surface area contributed by atoms with Gasteiger partial charge in [0.05, 0.1) is 18.8 Å². The van der Waals surface area contributed by atoms with Gasteiger partial charge >= 0.3 is 0 Å². The molecule has 3 atom stereocenters. The lowest BCUT2D eigenvalue weighted by Gasteiger charge is -2.28. The summed E-state index contributed by atoms with van der Waals surface area (Å²) in [6.45, 7) is 3.26. The van der Waals surface area contributed by atoms with Crippen molar-refractivity contribution < 1.29 is 4.74 Å². The zero-order chi connectivity index (χ0) is 15.8. The number of rotatable bonds is 3. The number of hydrogen-bond acceptors (Lipinski definition) is 5. The van der Waals surface area contributed by atoms with E-state index in [1.807, 2.05) is 42.2 Å². The number of aromatic nitrogens is 1. The van der Waals surface area contributed by atoms with Crippen molar-refractivity contribution in [3.63, 3.8) is 0 Å². The molecule has 3 unspecified atom stereocenters. The van der Waals surface area contributed by atoms with Crippen LogP contribution in [0.2, 0.25) is 0 Å². The summed E-state index contributed by atoms with van der Waals surface area (Å²) in [6, 6.07) is 14.4. The molecular weight excluding hydrogens is 306 g/mol. The van der Waals surface area contributed by atoms with Crippen molar-refractivity contribution in [2.45, 2.75) is 24.3 Å². The SMILES string of the molecule is COc1ccccc1C1C(c2ccccn2)N=C2SC(C)CN21. The fourth-order valence-corrected chi connectivity index (χ4v) is 4.46. The number of para-hydroxylation sites is 1. The van der Waals surface area contributed by atoms with Crippen LogP contribution < -0.4 is 4.74 Å². The molecule has 1 aromatic carbocycles. The van der Waals surface area contributed by atoms with E-state index >= 15 is 0 Å². The smallest absolute Gasteiger partial charge is 0.160 e. The Kier molecular flexibility index (Phi) is 3.73. The van der Waals surface area contributed by atoms with Gasteiger partial charge in [-0.1, -0.05) is 43.0 Å². The Hall–Kier alpha value is -2.01. The lowest BCUT2D eigenvalue weighted by atomic mass is 9.95. The predicted molar refractivity (Wildman–Crippen MR) is 93.9 cm³/mol. The first-order valence-corrected chi connectivity index (χ1v) is 8.71. The van der Waals surface area contributed by atoms with E-state index in [0.29, 0.717) is 5.25 Å².